The van der Waals surface area contributed by atoms with Gasteiger partial charge in [-0.25, -0.2) is 14.8 Å². The van der Waals surface area contributed by atoms with Crippen LogP contribution in [-0.4, -0.2) is 47.3 Å². The molecule has 1 N–H and O–H groups in total. The fourth-order valence-electron chi connectivity index (χ4n) is 2.11. The van der Waals surface area contributed by atoms with Crippen LogP contribution in [0.1, 0.15) is 30.3 Å². The standard InChI is InChI=1S/C13H19N3O3/c1-9(10-3-4-10)16(7-8-19-2)13-14-6-5-11(15-13)12(17)18/h5-6,9-10H,3-4,7-8H2,1-2H3,(H,17,18). The van der Waals surface area contributed by atoms with Crippen LogP contribution in [-0.2, 0) is 4.74 Å². The van der Waals surface area contributed by atoms with E-state index in [-0.39, 0.29) is 5.69 Å². The Labute approximate surface area is 112 Å². The first-order chi connectivity index (χ1) is 9.13. The first kappa shape index (κ1) is 13.7. The van der Waals surface area contributed by atoms with E-state index < -0.39 is 5.97 Å². The van der Waals surface area contributed by atoms with Gasteiger partial charge in [-0.1, -0.05) is 0 Å². The third-order valence-corrected chi connectivity index (χ3v) is 3.45. The van der Waals surface area contributed by atoms with Crippen molar-refractivity contribution in [2.24, 2.45) is 5.92 Å². The number of aromatic carboxylic acids is 1. The molecule has 2 rings (SSSR count). The zero-order chi connectivity index (χ0) is 13.8. The van der Waals surface area contributed by atoms with Crippen LogP contribution in [0.3, 0.4) is 0 Å². The number of carbonyl (C=O) groups is 1. The number of hydrogen-bond donors (Lipinski definition) is 1. The summed E-state index contributed by atoms with van der Waals surface area (Å²) in [7, 11) is 1.65. The van der Waals surface area contributed by atoms with Gasteiger partial charge >= 0.3 is 5.97 Å². The van der Waals surface area contributed by atoms with Gasteiger partial charge in [0.15, 0.2) is 5.69 Å². The van der Waals surface area contributed by atoms with Gasteiger partial charge in [0.25, 0.3) is 0 Å². The van der Waals surface area contributed by atoms with Crippen LogP contribution in [0.5, 0.6) is 0 Å². The van der Waals surface area contributed by atoms with Crippen LogP contribution in [0.2, 0.25) is 0 Å². The predicted octanol–water partition coefficient (Wildman–Crippen LogP) is 1.43. The van der Waals surface area contributed by atoms with Crippen molar-refractivity contribution in [3.05, 3.63) is 18.0 Å². The molecular weight excluding hydrogens is 246 g/mol. The molecule has 1 unspecified atom stereocenters. The second-order valence-corrected chi connectivity index (χ2v) is 4.81. The Morgan fingerprint density at radius 1 is 1.63 bits per heavy atom. The van der Waals surface area contributed by atoms with E-state index in [1.54, 1.807) is 7.11 Å². The molecule has 0 spiro atoms. The molecule has 1 aliphatic carbocycles. The summed E-state index contributed by atoms with van der Waals surface area (Å²) in [5, 5.41) is 8.99. The van der Waals surface area contributed by atoms with Gasteiger partial charge in [0.2, 0.25) is 5.95 Å². The summed E-state index contributed by atoms with van der Waals surface area (Å²) in [4.78, 5) is 21.3. The molecule has 6 heteroatoms. The lowest BCUT2D eigenvalue weighted by Crippen LogP contribution is -2.38. The molecule has 0 aromatic carbocycles. The second-order valence-electron chi connectivity index (χ2n) is 4.81. The first-order valence-corrected chi connectivity index (χ1v) is 6.45. The molecule has 1 aromatic rings. The van der Waals surface area contributed by atoms with Gasteiger partial charge in [0, 0.05) is 25.9 Å². The Kier molecular flexibility index (Phi) is 4.31. The van der Waals surface area contributed by atoms with Gasteiger partial charge in [-0.3, -0.25) is 0 Å². The smallest absolute Gasteiger partial charge is 0.354 e. The highest BCUT2D eigenvalue weighted by Crippen LogP contribution is 2.36. The predicted molar refractivity (Wildman–Crippen MR) is 70.4 cm³/mol. The van der Waals surface area contributed by atoms with E-state index in [0.29, 0.717) is 31.1 Å². The summed E-state index contributed by atoms with van der Waals surface area (Å²) in [6.45, 7) is 3.36. The van der Waals surface area contributed by atoms with E-state index in [9.17, 15) is 4.79 Å². The number of nitrogens with zero attached hydrogens (tertiary/aromatic N) is 3. The lowest BCUT2D eigenvalue weighted by molar-refractivity contribution is 0.0690. The quantitative estimate of drug-likeness (QED) is 0.803. The largest absolute Gasteiger partial charge is 0.477 e. The second kappa shape index (κ2) is 5.97. The van der Waals surface area contributed by atoms with Crippen molar-refractivity contribution in [2.75, 3.05) is 25.2 Å². The Morgan fingerprint density at radius 2 is 2.37 bits per heavy atom. The third kappa shape index (κ3) is 3.41. The lowest BCUT2D eigenvalue weighted by atomic mass is 10.2. The highest BCUT2D eigenvalue weighted by molar-refractivity contribution is 5.85. The number of methoxy groups -OCH3 is 1. The van der Waals surface area contributed by atoms with Crippen LogP contribution in [0.15, 0.2) is 12.3 Å². The lowest BCUT2D eigenvalue weighted by Gasteiger charge is -2.29. The molecule has 1 aliphatic rings. The van der Waals surface area contributed by atoms with E-state index in [0.717, 1.165) is 0 Å². The molecule has 19 heavy (non-hydrogen) atoms. The van der Waals surface area contributed by atoms with Gasteiger partial charge in [0.05, 0.1) is 6.61 Å². The van der Waals surface area contributed by atoms with Gasteiger partial charge in [-0.05, 0) is 31.7 Å². The van der Waals surface area contributed by atoms with E-state index in [2.05, 4.69) is 16.9 Å². The van der Waals surface area contributed by atoms with Gasteiger partial charge in [-0.2, -0.15) is 0 Å². The minimum absolute atomic E-state index is 0.0235. The van der Waals surface area contributed by atoms with Crippen LogP contribution in [0.4, 0.5) is 5.95 Å². The first-order valence-electron chi connectivity index (χ1n) is 6.45. The molecule has 1 aromatic heterocycles. The van der Waals surface area contributed by atoms with E-state index in [1.807, 2.05) is 4.90 Å². The number of ether oxygens (including phenoxy) is 1. The molecule has 0 bridgehead atoms. The molecular formula is C13H19N3O3. The molecule has 104 valence electrons. The monoisotopic (exact) mass is 265 g/mol. The molecule has 6 nitrogen and oxygen atoms in total. The van der Waals surface area contributed by atoms with Crippen molar-refractivity contribution in [3.8, 4) is 0 Å². The maximum atomic E-state index is 11.0. The average molecular weight is 265 g/mol. The normalized spacial score (nSPS) is 16.1. The van der Waals surface area contributed by atoms with Crippen molar-refractivity contribution in [2.45, 2.75) is 25.8 Å². The van der Waals surface area contributed by atoms with Crippen LogP contribution < -0.4 is 4.90 Å². The van der Waals surface area contributed by atoms with Crippen LogP contribution in [0.25, 0.3) is 0 Å². The van der Waals surface area contributed by atoms with E-state index in [4.69, 9.17) is 9.84 Å². The van der Waals surface area contributed by atoms with Crippen molar-refractivity contribution in [1.82, 2.24) is 9.97 Å². The van der Waals surface area contributed by atoms with Crippen molar-refractivity contribution in [3.63, 3.8) is 0 Å². The summed E-state index contributed by atoms with van der Waals surface area (Å²) >= 11 is 0. The van der Waals surface area contributed by atoms with Crippen molar-refractivity contribution >= 4 is 11.9 Å². The average Bonchev–Trinajstić information content (AvgIpc) is 3.23. The fraction of sp³-hybridized carbons (Fsp3) is 0.615. The van der Waals surface area contributed by atoms with Gasteiger partial charge in [0.1, 0.15) is 0 Å². The number of hydrogen-bond acceptors (Lipinski definition) is 5. The summed E-state index contributed by atoms with van der Waals surface area (Å²) < 4.78 is 5.11. The molecule has 1 fully saturated rings. The minimum atomic E-state index is -1.03. The number of rotatable bonds is 7. The highest BCUT2D eigenvalue weighted by Gasteiger charge is 2.33. The Morgan fingerprint density at radius 3 is 2.95 bits per heavy atom. The molecule has 1 heterocycles. The van der Waals surface area contributed by atoms with Gasteiger partial charge in [-0.15, -0.1) is 0 Å². The summed E-state index contributed by atoms with van der Waals surface area (Å²) in [5.74, 6) is 0.0831. The van der Waals surface area contributed by atoms with E-state index in [1.165, 1.54) is 25.1 Å². The Balaban J connectivity index is 2.20. The zero-order valence-corrected chi connectivity index (χ0v) is 11.2. The Bertz CT molecular complexity index is 449. The van der Waals surface area contributed by atoms with Crippen molar-refractivity contribution in [1.29, 1.82) is 0 Å². The Hall–Kier alpha value is -1.69. The summed E-state index contributed by atoms with van der Waals surface area (Å²) in [6.07, 6.45) is 3.91. The number of carboxylic acid groups (broad SMARTS) is 1. The number of anilines is 1. The highest BCUT2D eigenvalue weighted by atomic mass is 16.5. The SMILES string of the molecule is COCCN(c1nccc(C(=O)O)n1)C(C)C1CC1. The third-order valence-electron chi connectivity index (χ3n) is 3.45. The van der Waals surface area contributed by atoms with Crippen LogP contribution >= 0.6 is 0 Å². The fourth-order valence-corrected chi connectivity index (χ4v) is 2.11. The van der Waals surface area contributed by atoms with Crippen molar-refractivity contribution < 1.29 is 14.6 Å². The number of carboxylic acids is 1. The minimum Gasteiger partial charge on any atom is -0.477 e. The summed E-state index contributed by atoms with van der Waals surface area (Å²) in [5.41, 5.74) is 0.0235. The molecule has 0 amide bonds. The maximum Gasteiger partial charge on any atom is 0.354 e. The summed E-state index contributed by atoms with van der Waals surface area (Å²) in [6, 6.07) is 1.71. The number of aromatic nitrogens is 2. The van der Waals surface area contributed by atoms with Crippen LogP contribution in [0, 0.1) is 5.92 Å². The molecule has 1 atom stereocenters. The molecule has 0 radical (unpaired) electrons. The zero-order valence-electron chi connectivity index (χ0n) is 11.2. The molecule has 0 aliphatic heterocycles. The molecule has 1 saturated carbocycles. The molecule has 0 saturated heterocycles. The van der Waals surface area contributed by atoms with E-state index >= 15 is 0 Å². The maximum absolute atomic E-state index is 11.0. The van der Waals surface area contributed by atoms with Gasteiger partial charge < -0.3 is 14.7 Å². The topological polar surface area (TPSA) is 75.5 Å².